The van der Waals surface area contributed by atoms with Gasteiger partial charge in [-0.3, -0.25) is 9.88 Å². The SMILES string of the molecule is C[C@@H]1c2ncc(CCOc3ccccn3)n2CCN1Cc1ccccn1. The van der Waals surface area contributed by atoms with Gasteiger partial charge in [0.2, 0.25) is 5.88 Å². The molecule has 0 fully saturated rings. The molecule has 0 spiro atoms. The van der Waals surface area contributed by atoms with Gasteiger partial charge in [-0.1, -0.05) is 12.1 Å². The van der Waals surface area contributed by atoms with E-state index in [1.165, 1.54) is 5.69 Å². The lowest BCUT2D eigenvalue weighted by molar-refractivity contribution is 0.153. The zero-order valence-electron chi connectivity index (χ0n) is 15.0. The minimum Gasteiger partial charge on any atom is -0.477 e. The van der Waals surface area contributed by atoms with E-state index in [4.69, 9.17) is 4.74 Å². The summed E-state index contributed by atoms with van der Waals surface area (Å²) in [6.07, 6.45) is 6.41. The summed E-state index contributed by atoms with van der Waals surface area (Å²) in [5.41, 5.74) is 2.32. The predicted octanol–water partition coefficient (Wildman–Crippen LogP) is 2.87. The molecule has 1 atom stereocenters. The Bertz CT molecular complexity index is 834. The molecule has 0 aromatic carbocycles. The maximum absolute atomic E-state index is 5.73. The average Bonchev–Trinajstić information content (AvgIpc) is 3.10. The molecule has 3 aromatic rings. The van der Waals surface area contributed by atoms with Gasteiger partial charge in [-0.15, -0.1) is 0 Å². The lowest BCUT2D eigenvalue weighted by atomic mass is 10.2. The van der Waals surface area contributed by atoms with Crippen molar-refractivity contribution < 1.29 is 4.74 Å². The fourth-order valence-electron chi connectivity index (χ4n) is 3.41. The lowest BCUT2D eigenvalue weighted by Crippen LogP contribution is -2.37. The fraction of sp³-hybridized carbons (Fsp3) is 0.350. The van der Waals surface area contributed by atoms with Crippen molar-refractivity contribution in [2.75, 3.05) is 13.2 Å². The number of imidazole rings is 1. The first kappa shape index (κ1) is 16.7. The van der Waals surface area contributed by atoms with Crippen molar-refractivity contribution in [1.82, 2.24) is 24.4 Å². The Hall–Kier alpha value is -2.73. The van der Waals surface area contributed by atoms with E-state index in [0.29, 0.717) is 12.5 Å². The van der Waals surface area contributed by atoms with E-state index in [2.05, 4.69) is 37.4 Å². The first-order valence-corrected chi connectivity index (χ1v) is 9.03. The first-order valence-electron chi connectivity index (χ1n) is 9.03. The van der Waals surface area contributed by atoms with Crippen LogP contribution in [0.15, 0.2) is 55.0 Å². The van der Waals surface area contributed by atoms with Crippen LogP contribution in [0.3, 0.4) is 0 Å². The van der Waals surface area contributed by atoms with Crippen LogP contribution in [0, 0.1) is 0 Å². The van der Waals surface area contributed by atoms with Crippen LogP contribution >= 0.6 is 0 Å². The van der Waals surface area contributed by atoms with Gasteiger partial charge in [-0.25, -0.2) is 9.97 Å². The van der Waals surface area contributed by atoms with Crippen LogP contribution in [0.1, 0.15) is 30.2 Å². The van der Waals surface area contributed by atoms with Gasteiger partial charge >= 0.3 is 0 Å². The molecule has 6 heteroatoms. The molecule has 0 unspecified atom stereocenters. The van der Waals surface area contributed by atoms with Crippen LogP contribution in [0.2, 0.25) is 0 Å². The van der Waals surface area contributed by atoms with Crippen molar-refractivity contribution in [2.24, 2.45) is 0 Å². The third-order valence-corrected chi connectivity index (χ3v) is 4.84. The summed E-state index contributed by atoms with van der Waals surface area (Å²) in [5, 5.41) is 0. The van der Waals surface area contributed by atoms with Crippen molar-refractivity contribution in [3.05, 3.63) is 72.2 Å². The Morgan fingerprint density at radius 1 is 1.04 bits per heavy atom. The third kappa shape index (κ3) is 3.60. The van der Waals surface area contributed by atoms with Crippen molar-refractivity contribution >= 4 is 0 Å². The smallest absolute Gasteiger partial charge is 0.213 e. The summed E-state index contributed by atoms with van der Waals surface area (Å²) in [7, 11) is 0. The molecule has 4 rings (SSSR count). The zero-order valence-corrected chi connectivity index (χ0v) is 15.0. The Morgan fingerprint density at radius 3 is 2.65 bits per heavy atom. The van der Waals surface area contributed by atoms with Gasteiger partial charge < -0.3 is 9.30 Å². The highest BCUT2D eigenvalue weighted by molar-refractivity contribution is 5.13. The van der Waals surface area contributed by atoms with Gasteiger partial charge in [-0.05, 0) is 25.1 Å². The lowest BCUT2D eigenvalue weighted by Gasteiger charge is -2.34. The van der Waals surface area contributed by atoms with Gasteiger partial charge in [0.05, 0.1) is 18.3 Å². The van der Waals surface area contributed by atoms with E-state index in [1.807, 2.05) is 42.7 Å². The van der Waals surface area contributed by atoms with Crippen LogP contribution in [0.4, 0.5) is 0 Å². The van der Waals surface area contributed by atoms with E-state index >= 15 is 0 Å². The summed E-state index contributed by atoms with van der Waals surface area (Å²) >= 11 is 0. The normalized spacial score (nSPS) is 17.0. The largest absolute Gasteiger partial charge is 0.477 e. The van der Waals surface area contributed by atoms with Crippen LogP contribution in [-0.2, 0) is 19.5 Å². The quantitative estimate of drug-likeness (QED) is 0.685. The van der Waals surface area contributed by atoms with Crippen LogP contribution < -0.4 is 4.74 Å². The molecular weight excluding hydrogens is 326 g/mol. The highest BCUT2D eigenvalue weighted by Crippen LogP contribution is 2.26. The summed E-state index contributed by atoms with van der Waals surface area (Å²) in [4.78, 5) is 15.8. The zero-order chi connectivity index (χ0) is 17.8. The second-order valence-electron chi connectivity index (χ2n) is 6.49. The monoisotopic (exact) mass is 349 g/mol. The Morgan fingerprint density at radius 2 is 1.88 bits per heavy atom. The molecule has 3 aromatic heterocycles. The minimum absolute atomic E-state index is 0.274. The Kier molecular flexibility index (Phi) is 4.93. The minimum atomic E-state index is 0.274. The fourth-order valence-corrected chi connectivity index (χ4v) is 3.41. The van der Waals surface area contributed by atoms with Gasteiger partial charge in [0.15, 0.2) is 0 Å². The molecule has 0 bridgehead atoms. The van der Waals surface area contributed by atoms with Gasteiger partial charge in [0.1, 0.15) is 5.82 Å². The first-order chi connectivity index (χ1) is 12.8. The van der Waals surface area contributed by atoms with Gasteiger partial charge in [-0.2, -0.15) is 0 Å². The highest BCUT2D eigenvalue weighted by atomic mass is 16.5. The molecule has 1 aliphatic rings. The summed E-state index contributed by atoms with van der Waals surface area (Å²) < 4.78 is 8.06. The maximum Gasteiger partial charge on any atom is 0.213 e. The molecule has 6 nitrogen and oxygen atoms in total. The van der Waals surface area contributed by atoms with E-state index in [0.717, 1.165) is 37.6 Å². The number of rotatable bonds is 6. The maximum atomic E-state index is 5.73. The number of pyridine rings is 2. The molecule has 0 aliphatic carbocycles. The molecule has 4 heterocycles. The number of hydrogen-bond acceptors (Lipinski definition) is 5. The summed E-state index contributed by atoms with van der Waals surface area (Å²) in [6.45, 7) is 5.62. The second kappa shape index (κ2) is 7.66. The number of ether oxygens (including phenoxy) is 1. The van der Waals surface area contributed by atoms with Crippen LogP contribution in [0.25, 0.3) is 0 Å². The molecule has 0 amide bonds. The van der Waals surface area contributed by atoms with Gasteiger partial charge in [0, 0.05) is 56.4 Å². The van der Waals surface area contributed by atoms with Crippen molar-refractivity contribution in [1.29, 1.82) is 0 Å². The molecule has 0 saturated heterocycles. The molecule has 0 saturated carbocycles. The molecule has 0 radical (unpaired) electrons. The third-order valence-electron chi connectivity index (χ3n) is 4.84. The van der Waals surface area contributed by atoms with Gasteiger partial charge in [0.25, 0.3) is 0 Å². The van der Waals surface area contributed by atoms with Crippen molar-refractivity contribution in [3.63, 3.8) is 0 Å². The molecule has 1 aliphatic heterocycles. The summed E-state index contributed by atoms with van der Waals surface area (Å²) in [6, 6.07) is 12.0. The molecule has 26 heavy (non-hydrogen) atoms. The molecular formula is C20H23N5O. The van der Waals surface area contributed by atoms with E-state index in [9.17, 15) is 0 Å². The van der Waals surface area contributed by atoms with Crippen molar-refractivity contribution in [2.45, 2.75) is 32.5 Å². The summed E-state index contributed by atoms with van der Waals surface area (Å²) in [5.74, 6) is 1.79. The molecule has 0 N–H and O–H groups in total. The predicted molar refractivity (Wildman–Crippen MR) is 98.7 cm³/mol. The van der Waals surface area contributed by atoms with Crippen LogP contribution in [0.5, 0.6) is 5.88 Å². The van der Waals surface area contributed by atoms with E-state index < -0.39 is 0 Å². The number of hydrogen-bond donors (Lipinski definition) is 0. The average molecular weight is 349 g/mol. The standard InChI is InChI=1S/C20H23N5O/c1-16-20-23-14-18(8-13-26-19-7-3-5-10-22-19)25(20)12-11-24(16)15-17-6-2-4-9-21-17/h2-7,9-10,14,16H,8,11-13,15H2,1H3/t16-/m1/s1. The highest BCUT2D eigenvalue weighted by Gasteiger charge is 2.27. The second-order valence-corrected chi connectivity index (χ2v) is 6.49. The number of nitrogens with zero attached hydrogens (tertiary/aromatic N) is 5. The topological polar surface area (TPSA) is 56.1 Å². The van der Waals surface area contributed by atoms with Crippen molar-refractivity contribution in [3.8, 4) is 5.88 Å². The Balaban J connectivity index is 1.39. The van der Waals surface area contributed by atoms with E-state index in [1.54, 1.807) is 6.20 Å². The van der Waals surface area contributed by atoms with E-state index in [-0.39, 0.29) is 6.04 Å². The van der Waals surface area contributed by atoms with Crippen LogP contribution in [-0.4, -0.2) is 37.6 Å². The molecule has 134 valence electrons. The Labute approximate surface area is 153 Å². The number of fused-ring (bicyclic) bond motifs is 1. The number of aromatic nitrogens is 4.